The zero-order valence-corrected chi connectivity index (χ0v) is 12.4. The Morgan fingerprint density at radius 2 is 1.96 bits per heavy atom. The standard InChI is InChI=1S/C17H16N2O4/c18-17(21)14-7-6-12(19-8-9-22-11-16(19)20)10-15(14)23-13-4-2-1-3-5-13/h1-7,10H,8-9,11H2,(H2,18,21). The van der Waals surface area contributed by atoms with Crippen molar-refractivity contribution in [3.05, 3.63) is 54.1 Å². The molecule has 2 N–H and O–H groups in total. The van der Waals surface area contributed by atoms with Gasteiger partial charge in [0.25, 0.3) is 11.8 Å². The number of ether oxygens (including phenoxy) is 2. The van der Waals surface area contributed by atoms with Crippen LogP contribution in [-0.2, 0) is 9.53 Å². The Morgan fingerprint density at radius 3 is 2.65 bits per heavy atom. The summed E-state index contributed by atoms with van der Waals surface area (Å²) < 4.78 is 10.9. The molecule has 0 aliphatic carbocycles. The van der Waals surface area contributed by atoms with Gasteiger partial charge in [-0.25, -0.2) is 0 Å². The first-order valence-corrected chi connectivity index (χ1v) is 7.20. The van der Waals surface area contributed by atoms with E-state index in [9.17, 15) is 9.59 Å². The minimum atomic E-state index is -0.587. The molecule has 0 atom stereocenters. The highest BCUT2D eigenvalue weighted by Gasteiger charge is 2.22. The van der Waals surface area contributed by atoms with Crippen molar-refractivity contribution in [2.24, 2.45) is 5.73 Å². The number of carbonyl (C=O) groups excluding carboxylic acids is 2. The molecule has 2 aromatic rings. The molecule has 6 nitrogen and oxygen atoms in total. The third-order valence-corrected chi connectivity index (χ3v) is 3.50. The van der Waals surface area contributed by atoms with E-state index in [2.05, 4.69) is 0 Å². The summed E-state index contributed by atoms with van der Waals surface area (Å²) in [6.45, 7) is 0.976. The molecule has 6 heteroatoms. The number of amides is 2. The topological polar surface area (TPSA) is 81.9 Å². The predicted molar refractivity (Wildman–Crippen MR) is 84.6 cm³/mol. The molecule has 118 valence electrons. The van der Waals surface area contributed by atoms with Crippen molar-refractivity contribution in [1.29, 1.82) is 0 Å². The van der Waals surface area contributed by atoms with Gasteiger partial charge in [-0.1, -0.05) is 18.2 Å². The van der Waals surface area contributed by atoms with Gasteiger partial charge in [-0.2, -0.15) is 0 Å². The molecule has 0 unspecified atom stereocenters. The number of anilines is 1. The lowest BCUT2D eigenvalue weighted by molar-refractivity contribution is -0.125. The van der Waals surface area contributed by atoms with Crippen LogP contribution in [0.25, 0.3) is 0 Å². The van der Waals surface area contributed by atoms with Gasteiger partial charge in [0.15, 0.2) is 0 Å². The number of nitrogens with two attached hydrogens (primary N) is 1. The van der Waals surface area contributed by atoms with E-state index in [0.717, 1.165) is 0 Å². The van der Waals surface area contributed by atoms with Crippen LogP contribution in [0.2, 0.25) is 0 Å². The lowest BCUT2D eigenvalue weighted by Crippen LogP contribution is -2.41. The van der Waals surface area contributed by atoms with Crippen LogP contribution in [0.4, 0.5) is 5.69 Å². The van der Waals surface area contributed by atoms with Gasteiger partial charge in [0, 0.05) is 18.3 Å². The molecular weight excluding hydrogens is 296 g/mol. The van der Waals surface area contributed by atoms with Crippen molar-refractivity contribution in [3.8, 4) is 11.5 Å². The van der Waals surface area contributed by atoms with E-state index in [1.807, 2.05) is 18.2 Å². The molecule has 1 fully saturated rings. The third-order valence-electron chi connectivity index (χ3n) is 3.50. The summed E-state index contributed by atoms with van der Waals surface area (Å²) in [6.07, 6.45) is 0. The maximum atomic E-state index is 12.0. The van der Waals surface area contributed by atoms with Crippen molar-refractivity contribution >= 4 is 17.5 Å². The van der Waals surface area contributed by atoms with Crippen molar-refractivity contribution in [2.75, 3.05) is 24.7 Å². The van der Waals surface area contributed by atoms with Crippen molar-refractivity contribution in [3.63, 3.8) is 0 Å². The summed E-state index contributed by atoms with van der Waals surface area (Å²) in [5.41, 5.74) is 6.31. The Kier molecular flexibility index (Phi) is 4.25. The van der Waals surface area contributed by atoms with E-state index in [1.165, 1.54) is 0 Å². The van der Waals surface area contributed by atoms with Gasteiger partial charge >= 0.3 is 0 Å². The molecule has 1 aliphatic heterocycles. The second-order valence-electron chi connectivity index (χ2n) is 5.06. The van der Waals surface area contributed by atoms with Crippen LogP contribution in [0.3, 0.4) is 0 Å². The molecule has 1 heterocycles. The maximum Gasteiger partial charge on any atom is 0.253 e. The molecule has 3 rings (SSSR count). The van der Waals surface area contributed by atoms with E-state index in [1.54, 1.807) is 35.2 Å². The summed E-state index contributed by atoms with van der Waals surface area (Å²) in [5.74, 6) is 0.186. The largest absolute Gasteiger partial charge is 0.456 e. The number of nitrogens with zero attached hydrogens (tertiary/aromatic N) is 1. The van der Waals surface area contributed by atoms with Gasteiger partial charge in [0.05, 0.1) is 12.2 Å². The third kappa shape index (κ3) is 3.32. The van der Waals surface area contributed by atoms with Crippen LogP contribution >= 0.6 is 0 Å². The second kappa shape index (κ2) is 6.50. The Hall–Kier alpha value is -2.86. The Bertz CT molecular complexity index is 731. The average molecular weight is 312 g/mol. The number of benzene rings is 2. The number of rotatable bonds is 4. The lowest BCUT2D eigenvalue weighted by Gasteiger charge is -2.27. The van der Waals surface area contributed by atoms with Gasteiger partial charge in [-0.05, 0) is 24.3 Å². The van der Waals surface area contributed by atoms with Crippen molar-refractivity contribution in [1.82, 2.24) is 0 Å². The summed E-state index contributed by atoms with van der Waals surface area (Å²) >= 11 is 0. The lowest BCUT2D eigenvalue weighted by atomic mass is 10.1. The van der Waals surface area contributed by atoms with E-state index >= 15 is 0 Å². The molecular formula is C17H16N2O4. The van der Waals surface area contributed by atoms with Crippen LogP contribution in [0.15, 0.2) is 48.5 Å². The Morgan fingerprint density at radius 1 is 1.17 bits per heavy atom. The summed E-state index contributed by atoms with van der Waals surface area (Å²) in [4.78, 5) is 25.2. The molecule has 0 bridgehead atoms. The molecule has 1 aliphatic rings. The fraction of sp³-hybridized carbons (Fsp3) is 0.176. The SMILES string of the molecule is NC(=O)c1ccc(N2CCOCC2=O)cc1Oc1ccccc1. The number of hydrogen-bond donors (Lipinski definition) is 1. The van der Waals surface area contributed by atoms with Crippen molar-refractivity contribution in [2.45, 2.75) is 0 Å². The number of para-hydroxylation sites is 1. The monoisotopic (exact) mass is 312 g/mol. The zero-order chi connectivity index (χ0) is 16.2. The molecule has 1 saturated heterocycles. The summed E-state index contributed by atoms with van der Waals surface area (Å²) in [6, 6.07) is 14.0. The minimum Gasteiger partial charge on any atom is -0.456 e. The molecule has 0 saturated carbocycles. The summed E-state index contributed by atoms with van der Waals surface area (Å²) in [5, 5.41) is 0. The van der Waals surface area contributed by atoms with Gasteiger partial charge in [0.2, 0.25) is 0 Å². The van der Waals surface area contributed by atoms with Gasteiger partial charge in [-0.15, -0.1) is 0 Å². The molecule has 0 spiro atoms. The van der Waals surface area contributed by atoms with Gasteiger partial charge in [0.1, 0.15) is 18.1 Å². The smallest absolute Gasteiger partial charge is 0.253 e. The number of morpholine rings is 1. The highest BCUT2D eigenvalue weighted by atomic mass is 16.5. The Balaban J connectivity index is 1.96. The average Bonchev–Trinajstić information content (AvgIpc) is 2.56. The number of carbonyl (C=O) groups is 2. The molecule has 2 amide bonds. The molecule has 0 aromatic heterocycles. The van der Waals surface area contributed by atoms with Crippen LogP contribution < -0.4 is 15.4 Å². The molecule has 23 heavy (non-hydrogen) atoms. The first-order valence-electron chi connectivity index (χ1n) is 7.20. The predicted octanol–water partition coefficient (Wildman–Crippen LogP) is 1.94. The van der Waals surface area contributed by atoms with E-state index in [-0.39, 0.29) is 18.1 Å². The first kappa shape index (κ1) is 15.1. The Labute approximate surface area is 133 Å². The van der Waals surface area contributed by atoms with E-state index < -0.39 is 5.91 Å². The first-order chi connectivity index (χ1) is 11.1. The zero-order valence-electron chi connectivity index (χ0n) is 12.4. The van der Waals surface area contributed by atoms with Gasteiger partial charge in [-0.3, -0.25) is 9.59 Å². The van der Waals surface area contributed by atoms with Crippen LogP contribution in [0, 0.1) is 0 Å². The maximum absolute atomic E-state index is 12.0. The normalized spacial score (nSPS) is 14.6. The minimum absolute atomic E-state index is 0.0481. The van der Waals surface area contributed by atoms with Crippen molar-refractivity contribution < 1.29 is 19.1 Å². The van der Waals surface area contributed by atoms with E-state index in [4.69, 9.17) is 15.2 Å². The quantitative estimate of drug-likeness (QED) is 0.935. The van der Waals surface area contributed by atoms with Crippen LogP contribution in [0.1, 0.15) is 10.4 Å². The molecule has 2 aromatic carbocycles. The van der Waals surface area contributed by atoms with Gasteiger partial charge < -0.3 is 20.1 Å². The number of hydrogen-bond acceptors (Lipinski definition) is 4. The fourth-order valence-corrected chi connectivity index (χ4v) is 2.37. The molecule has 0 radical (unpaired) electrons. The second-order valence-corrected chi connectivity index (χ2v) is 5.06. The number of primary amides is 1. The fourth-order valence-electron chi connectivity index (χ4n) is 2.37. The van der Waals surface area contributed by atoms with Crippen LogP contribution in [0.5, 0.6) is 11.5 Å². The highest BCUT2D eigenvalue weighted by Crippen LogP contribution is 2.30. The van der Waals surface area contributed by atoms with Crippen LogP contribution in [-0.4, -0.2) is 31.6 Å². The summed E-state index contributed by atoms with van der Waals surface area (Å²) in [7, 11) is 0. The highest BCUT2D eigenvalue weighted by molar-refractivity contribution is 5.98. The van der Waals surface area contributed by atoms with E-state index in [0.29, 0.717) is 30.3 Å².